The average molecular weight is 1150 g/mol. The molecule has 0 bridgehead atoms. The quantitative estimate of drug-likeness (QED) is 0.0261. The third-order valence-corrected chi connectivity index (χ3v) is 15.2. The summed E-state index contributed by atoms with van der Waals surface area (Å²) >= 11 is 0. The molecule has 1 unspecified atom stereocenters. The van der Waals surface area contributed by atoms with E-state index in [1.807, 2.05) is 0 Å². The van der Waals surface area contributed by atoms with E-state index in [1.165, 1.54) is 193 Å². The molecule has 0 amide bonds. The highest BCUT2D eigenvalue weighted by Gasteiger charge is 2.19. The van der Waals surface area contributed by atoms with E-state index in [1.54, 1.807) is 0 Å². The molecule has 6 heteroatoms. The lowest BCUT2D eigenvalue weighted by molar-refractivity contribution is -0.167. The molecule has 6 nitrogen and oxygen atoms in total. The van der Waals surface area contributed by atoms with Gasteiger partial charge in [-0.3, -0.25) is 14.4 Å². The first kappa shape index (κ1) is 79.1. The number of ether oxygens (including phenoxy) is 3. The van der Waals surface area contributed by atoms with Gasteiger partial charge in [-0.05, 0) is 116 Å². The minimum atomic E-state index is -0.815. The number of allylic oxidation sites excluding steroid dienone is 18. The van der Waals surface area contributed by atoms with Crippen LogP contribution in [0.5, 0.6) is 0 Å². The van der Waals surface area contributed by atoms with Crippen molar-refractivity contribution in [3.05, 3.63) is 109 Å². The van der Waals surface area contributed by atoms with Gasteiger partial charge in [-0.25, -0.2) is 0 Å². The number of esters is 3. The summed E-state index contributed by atoms with van der Waals surface area (Å²) < 4.78 is 16.9. The van der Waals surface area contributed by atoms with Gasteiger partial charge in [0.05, 0.1) is 0 Å². The smallest absolute Gasteiger partial charge is 0.306 e. The molecule has 83 heavy (non-hydrogen) atoms. The molecule has 0 saturated heterocycles. The molecule has 0 aliphatic carbocycles. The van der Waals surface area contributed by atoms with Crippen molar-refractivity contribution in [2.24, 2.45) is 0 Å². The van der Waals surface area contributed by atoms with Gasteiger partial charge >= 0.3 is 17.9 Å². The van der Waals surface area contributed by atoms with Crippen LogP contribution in [0.2, 0.25) is 0 Å². The van der Waals surface area contributed by atoms with Crippen molar-refractivity contribution >= 4 is 17.9 Å². The third kappa shape index (κ3) is 68.7. The fourth-order valence-corrected chi connectivity index (χ4v) is 10.0. The van der Waals surface area contributed by atoms with Crippen molar-refractivity contribution in [1.29, 1.82) is 0 Å². The van der Waals surface area contributed by atoms with Crippen LogP contribution >= 0.6 is 0 Å². The largest absolute Gasteiger partial charge is 0.462 e. The van der Waals surface area contributed by atoms with Crippen molar-refractivity contribution < 1.29 is 28.6 Å². The molecule has 0 saturated carbocycles. The van der Waals surface area contributed by atoms with Gasteiger partial charge in [0, 0.05) is 19.3 Å². The van der Waals surface area contributed by atoms with E-state index in [0.717, 1.165) is 103 Å². The Morgan fingerprint density at radius 3 is 0.783 bits per heavy atom. The van der Waals surface area contributed by atoms with Gasteiger partial charge in [0.15, 0.2) is 6.10 Å². The number of carbonyl (C=O) groups excluding carboxylic acids is 3. The van der Waals surface area contributed by atoms with Crippen LogP contribution in [0.15, 0.2) is 109 Å². The van der Waals surface area contributed by atoms with Crippen LogP contribution in [-0.4, -0.2) is 37.2 Å². The van der Waals surface area contributed by atoms with Gasteiger partial charge in [-0.2, -0.15) is 0 Å². The summed E-state index contributed by atoms with van der Waals surface area (Å²) in [5, 5.41) is 0. The molecule has 0 aliphatic heterocycles. The van der Waals surface area contributed by atoms with E-state index in [-0.39, 0.29) is 37.5 Å². The summed E-state index contributed by atoms with van der Waals surface area (Å²) in [6, 6.07) is 0. The van der Waals surface area contributed by atoms with Crippen molar-refractivity contribution in [2.45, 2.75) is 348 Å². The van der Waals surface area contributed by atoms with Crippen LogP contribution in [0.3, 0.4) is 0 Å². The Labute approximate surface area is 514 Å². The van der Waals surface area contributed by atoms with Crippen molar-refractivity contribution in [2.75, 3.05) is 13.2 Å². The maximum atomic E-state index is 12.9. The Kier molecular flexibility index (Phi) is 67.2. The number of unbranched alkanes of at least 4 members (excludes halogenated alkanes) is 35. The van der Waals surface area contributed by atoms with Crippen molar-refractivity contribution in [1.82, 2.24) is 0 Å². The molecule has 0 aromatic heterocycles. The topological polar surface area (TPSA) is 78.9 Å². The third-order valence-electron chi connectivity index (χ3n) is 15.2. The zero-order chi connectivity index (χ0) is 59.9. The summed E-state index contributed by atoms with van der Waals surface area (Å²) in [6.07, 6.45) is 97.1. The van der Waals surface area contributed by atoms with E-state index in [9.17, 15) is 14.4 Å². The lowest BCUT2D eigenvalue weighted by Crippen LogP contribution is -2.30. The van der Waals surface area contributed by atoms with Gasteiger partial charge in [-0.1, -0.05) is 316 Å². The highest BCUT2D eigenvalue weighted by molar-refractivity contribution is 5.71. The van der Waals surface area contributed by atoms with Gasteiger partial charge in [-0.15, -0.1) is 0 Å². The molecular formula is C77H132O6. The first-order valence-corrected chi connectivity index (χ1v) is 35.4. The van der Waals surface area contributed by atoms with Crippen LogP contribution < -0.4 is 0 Å². The molecule has 476 valence electrons. The van der Waals surface area contributed by atoms with Crippen LogP contribution in [0.25, 0.3) is 0 Å². The molecule has 0 aromatic rings. The molecule has 0 radical (unpaired) electrons. The second kappa shape index (κ2) is 70.6. The summed E-state index contributed by atoms with van der Waals surface area (Å²) in [5.41, 5.74) is 0. The van der Waals surface area contributed by atoms with Gasteiger partial charge in [0.2, 0.25) is 0 Å². The summed E-state index contributed by atoms with van der Waals surface area (Å²) in [6.45, 7) is 6.40. The molecule has 0 aromatic carbocycles. The van der Waals surface area contributed by atoms with Gasteiger partial charge in [0.25, 0.3) is 0 Å². The molecule has 1 atom stereocenters. The molecule has 0 spiro atoms. The molecule has 0 aliphatic rings. The zero-order valence-electron chi connectivity index (χ0n) is 54.7. The molecule has 0 heterocycles. The SMILES string of the molecule is CC/C=C\C/C=C\C/C=C\C/C=C\C/C=C\CCCC(=O)OC(COC(=O)CCCCCCCCC/C=C\C/C=C\C/C=C\CC)COC(=O)CCCCCCCCCCCCCCCCCCCCC/C=C\CCCCCCCCCC. The number of hydrogen-bond acceptors (Lipinski definition) is 6. The number of carbonyl (C=O) groups is 3. The minimum absolute atomic E-state index is 0.103. The second-order valence-electron chi connectivity index (χ2n) is 23.4. The Morgan fingerprint density at radius 2 is 0.482 bits per heavy atom. The Balaban J connectivity index is 4.28. The molecule has 0 fully saturated rings. The summed E-state index contributed by atoms with van der Waals surface area (Å²) in [4.78, 5) is 38.4. The highest BCUT2D eigenvalue weighted by atomic mass is 16.6. The normalized spacial score (nSPS) is 12.8. The van der Waals surface area contributed by atoms with Crippen molar-refractivity contribution in [3.8, 4) is 0 Å². The average Bonchev–Trinajstić information content (AvgIpc) is 3.50. The van der Waals surface area contributed by atoms with E-state index in [2.05, 4.69) is 130 Å². The fourth-order valence-electron chi connectivity index (χ4n) is 10.0. The van der Waals surface area contributed by atoms with E-state index in [0.29, 0.717) is 19.3 Å². The predicted octanol–water partition coefficient (Wildman–Crippen LogP) is 24.6. The lowest BCUT2D eigenvalue weighted by Gasteiger charge is -2.18. The fraction of sp³-hybridized carbons (Fsp3) is 0.727. The number of rotatable bonds is 64. The van der Waals surface area contributed by atoms with E-state index in [4.69, 9.17) is 14.2 Å². The van der Waals surface area contributed by atoms with E-state index < -0.39 is 6.10 Å². The highest BCUT2D eigenvalue weighted by Crippen LogP contribution is 2.17. The Morgan fingerprint density at radius 1 is 0.253 bits per heavy atom. The number of hydrogen-bond donors (Lipinski definition) is 0. The minimum Gasteiger partial charge on any atom is -0.462 e. The van der Waals surface area contributed by atoms with Gasteiger partial charge in [0.1, 0.15) is 13.2 Å². The monoisotopic (exact) mass is 1150 g/mol. The standard InChI is InChI=1S/C77H132O6/c1-4-7-10-13-16-19-22-25-28-31-32-33-34-35-36-37-38-39-40-41-42-43-44-47-49-52-55-58-61-64-67-70-76(79)82-73-74(83-77(80)71-68-65-62-59-56-53-50-46-30-27-24-21-18-15-12-9-6-3)72-81-75(78)69-66-63-60-57-54-51-48-45-29-26-23-20-17-14-11-8-5-2/h8-9,11-12,17-18,20-21,26-27,29-32,50,53,59,62,74H,4-7,10,13-16,19,22-25,28,33-49,51-52,54-58,60-61,63-73H2,1-3H3/b11-8-,12-9-,20-17-,21-18-,29-26-,30-27-,32-31-,53-50-,62-59-. The zero-order valence-corrected chi connectivity index (χ0v) is 54.7. The maximum absolute atomic E-state index is 12.9. The van der Waals surface area contributed by atoms with Crippen molar-refractivity contribution in [3.63, 3.8) is 0 Å². The van der Waals surface area contributed by atoms with E-state index >= 15 is 0 Å². The second-order valence-corrected chi connectivity index (χ2v) is 23.4. The summed E-state index contributed by atoms with van der Waals surface area (Å²) in [7, 11) is 0. The van der Waals surface area contributed by atoms with Crippen LogP contribution in [0.4, 0.5) is 0 Å². The first-order valence-electron chi connectivity index (χ1n) is 35.4. The van der Waals surface area contributed by atoms with Crippen LogP contribution in [0.1, 0.15) is 342 Å². The first-order chi connectivity index (χ1) is 41.0. The predicted molar refractivity (Wildman–Crippen MR) is 362 cm³/mol. The Bertz CT molecular complexity index is 1660. The Hall–Kier alpha value is -3.93. The maximum Gasteiger partial charge on any atom is 0.306 e. The summed E-state index contributed by atoms with van der Waals surface area (Å²) in [5.74, 6) is -0.960. The molecular weight excluding hydrogens is 1020 g/mol. The lowest BCUT2D eigenvalue weighted by atomic mass is 10.0. The van der Waals surface area contributed by atoms with Gasteiger partial charge < -0.3 is 14.2 Å². The molecule has 0 N–H and O–H groups in total. The van der Waals surface area contributed by atoms with Crippen LogP contribution in [0, 0.1) is 0 Å². The molecule has 0 rings (SSSR count). The van der Waals surface area contributed by atoms with Crippen LogP contribution in [-0.2, 0) is 28.6 Å².